The van der Waals surface area contributed by atoms with Gasteiger partial charge in [-0.15, -0.1) is 0 Å². The molecule has 0 aliphatic rings. The number of carbonyl (C=O) groups is 2. The van der Waals surface area contributed by atoms with E-state index in [2.05, 4.69) is 9.36 Å². The molecule has 11 heteroatoms. The summed E-state index contributed by atoms with van der Waals surface area (Å²) in [5.74, 6) is -3.15. The summed E-state index contributed by atoms with van der Waals surface area (Å²) >= 11 is 0.669. The lowest BCUT2D eigenvalue weighted by Gasteiger charge is -1.98. The molecule has 0 aromatic carbocycles. The van der Waals surface area contributed by atoms with Gasteiger partial charge >= 0.3 is 12.1 Å². The first-order chi connectivity index (χ1) is 11.1. The highest BCUT2D eigenvalue weighted by Crippen LogP contribution is 2.30. The first-order valence-electron chi connectivity index (χ1n) is 6.39. The van der Waals surface area contributed by atoms with E-state index in [0.29, 0.717) is 23.6 Å². The lowest BCUT2D eigenvalue weighted by atomic mass is 10.3. The number of hydrogen-bond acceptors (Lipinski definition) is 6. The van der Waals surface area contributed by atoms with E-state index in [1.807, 2.05) is 0 Å². The van der Waals surface area contributed by atoms with Gasteiger partial charge in [-0.1, -0.05) is 0 Å². The van der Waals surface area contributed by atoms with Gasteiger partial charge in [-0.25, -0.2) is 9.55 Å². The third-order valence-electron chi connectivity index (χ3n) is 2.40. The van der Waals surface area contributed by atoms with Crippen molar-refractivity contribution in [2.75, 3.05) is 0 Å². The number of carboxylic acids is 2. The topological polar surface area (TPSA) is 107 Å². The molecule has 1 N–H and O–H groups in total. The molecule has 0 saturated heterocycles. The van der Waals surface area contributed by atoms with Crippen molar-refractivity contribution in [2.24, 2.45) is 0 Å². The van der Waals surface area contributed by atoms with Crippen LogP contribution < -0.4 is 9.67 Å². The molecule has 0 unspecified atom stereocenters. The average molecular weight is 363 g/mol. The number of nitrogens with zero attached hydrogens (tertiary/aromatic N) is 3. The van der Waals surface area contributed by atoms with Crippen LogP contribution in [-0.4, -0.2) is 26.4 Å². The summed E-state index contributed by atoms with van der Waals surface area (Å²) in [6, 6.07) is 3.14. The van der Waals surface area contributed by atoms with Gasteiger partial charge in [-0.2, -0.15) is 17.5 Å². The lowest BCUT2D eigenvalue weighted by molar-refractivity contribution is -0.695. The van der Waals surface area contributed by atoms with Crippen molar-refractivity contribution in [3.63, 3.8) is 0 Å². The van der Waals surface area contributed by atoms with Crippen LogP contribution >= 0.6 is 11.5 Å². The Bertz CT molecular complexity index is 697. The number of pyridine rings is 1. The minimum absolute atomic E-state index is 0.0267. The molecule has 0 spiro atoms. The first kappa shape index (κ1) is 19.5. The molecule has 2 rings (SSSR count). The van der Waals surface area contributed by atoms with Gasteiger partial charge in [0.2, 0.25) is 5.82 Å². The Morgan fingerprint density at radius 3 is 2.29 bits per heavy atom. The Hall–Kier alpha value is -2.56. The quantitative estimate of drug-likeness (QED) is 0.803. The van der Waals surface area contributed by atoms with Crippen LogP contribution in [0.4, 0.5) is 13.2 Å². The van der Waals surface area contributed by atoms with Crippen molar-refractivity contribution in [3.8, 4) is 10.6 Å². The van der Waals surface area contributed by atoms with Crippen LogP contribution in [0.15, 0.2) is 24.5 Å². The van der Waals surface area contributed by atoms with Crippen LogP contribution in [0.3, 0.4) is 0 Å². The molecule has 0 aliphatic heterocycles. The van der Waals surface area contributed by atoms with Crippen molar-refractivity contribution in [2.45, 2.75) is 26.1 Å². The van der Waals surface area contributed by atoms with E-state index in [4.69, 9.17) is 15.0 Å². The molecular weight excluding hydrogens is 351 g/mol. The molecule has 0 amide bonds. The molecule has 7 nitrogen and oxygen atoms in total. The van der Waals surface area contributed by atoms with Crippen molar-refractivity contribution in [1.29, 1.82) is 0 Å². The maximum absolute atomic E-state index is 12.4. The average Bonchev–Trinajstić information content (AvgIpc) is 2.95. The van der Waals surface area contributed by atoms with Gasteiger partial charge in [-0.05, 0) is 18.5 Å². The number of halogens is 3. The van der Waals surface area contributed by atoms with Crippen LogP contribution in [0, 0.1) is 0 Å². The summed E-state index contributed by atoms with van der Waals surface area (Å²) in [6.07, 6.45) is -1.40. The monoisotopic (exact) mass is 363 g/mol. The molecule has 0 bridgehead atoms. The molecule has 0 aliphatic carbocycles. The van der Waals surface area contributed by atoms with Gasteiger partial charge in [0.15, 0.2) is 18.9 Å². The maximum atomic E-state index is 12.4. The fourth-order valence-corrected chi connectivity index (χ4v) is 2.12. The predicted octanol–water partition coefficient (Wildman–Crippen LogP) is 0.742. The van der Waals surface area contributed by atoms with Gasteiger partial charge in [0.25, 0.3) is 0 Å². The minimum Gasteiger partial charge on any atom is -0.550 e. The number of aryl methyl sites for hydroxylation is 1. The van der Waals surface area contributed by atoms with Crippen LogP contribution in [0.25, 0.3) is 10.6 Å². The van der Waals surface area contributed by atoms with Crippen molar-refractivity contribution in [1.82, 2.24) is 9.36 Å². The zero-order valence-electron chi connectivity index (χ0n) is 12.3. The van der Waals surface area contributed by atoms with E-state index in [-0.39, 0.29) is 11.4 Å². The fraction of sp³-hybridized carbons (Fsp3) is 0.308. The summed E-state index contributed by atoms with van der Waals surface area (Å²) < 4.78 is 42.0. The van der Waals surface area contributed by atoms with E-state index in [0.717, 1.165) is 6.92 Å². The van der Waals surface area contributed by atoms with Crippen LogP contribution in [0.5, 0.6) is 0 Å². The SMILES string of the molecule is CC(=O)[O-].O=C(O)CC[n+]1ccc(-c2nc(C(F)(F)F)ns2)cc1. The van der Waals surface area contributed by atoms with Gasteiger partial charge in [0, 0.05) is 23.7 Å². The molecule has 2 heterocycles. The highest BCUT2D eigenvalue weighted by Gasteiger charge is 2.36. The van der Waals surface area contributed by atoms with E-state index < -0.39 is 23.9 Å². The van der Waals surface area contributed by atoms with E-state index in [1.165, 1.54) is 0 Å². The molecule has 0 atom stereocenters. The summed E-state index contributed by atoms with van der Waals surface area (Å²) in [4.78, 5) is 22.7. The fourth-order valence-electron chi connectivity index (χ4n) is 1.43. The third-order valence-corrected chi connectivity index (χ3v) is 3.17. The summed E-state index contributed by atoms with van der Waals surface area (Å²) in [6.45, 7) is 1.26. The highest BCUT2D eigenvalue weighted by molar-refractivity contribution is 7.09. The number of aromatic nitrogens is 3. The Balaban J connectivity index is 0.000000648. The third kappa shape index (κ3) is 6.69. The molecule has 0 fully saturated rings. The zero-order valence-corrected chi connectivity index (χ0v) is 13.1. The number of carboxylic acid groups (broad SMARTS) is 2. The summed E-state index contributed by atoms with van der Waals surface area (Å²) in [7, 11) is 0. The van der Waals surface area contributed by atoms with E-state index >= 15 is 0 Å². The number of alkyl halides is 3. The molecule has 2 aromatic rings. The molecule has 2 aromatic heterocycles. The maximum Gasteiger partial charge on any atom is 0.452 e. The summed E-state index contributed by atoms with van der Waals surface area (Å²) in [5, 5.41) is 17.6. The predicted molar refractivity (Wildman–Crippen MR) is 73.5 cm³/mol. The Morgan fingerprint density at radius 2 is 1.88 bits per heavy atom. The second kappa shape index (κ2) is 8.34. The van der Waals surface area contributed by atoms with Crippen molar-refractivity contribution < 1.29 is 37.5 Å². The van der Waals surface area contributed by atoms with Crippen LogP contribution in [-0.2, 0) is 22.3 Å². The van der Waals surface area contributed by atoms with Gasteiger partial charge in [0.1, 0.15) is 11.4 Å². The van der Waals surface area contributed by atoms with Gasteiger partial charge in [0.05, 0.1) is 0 Å². The van der Waals surface area contributed by atoms with E-state index in [1.54, 1.807) is 29.1 Å². The minimum atomic E-state index is -4.55. The first-order valence-corrected chi connectivity index (χ1v) is 7.16. The normalized spacial score (nSPS) is 10.7. The zero-order chi connectivity index (χ0) is 18.3. The second-order valence-corrected chi connectivity index (χ2v) is 5.13. The largest absolute Gasteiger partial charge is 0.550 e. The van der Waals surface area contributed by atoms with Crippen LogP contribution in [0.1, 0.15) is 19.2 Å². The lowest BCUT2D eigenvalue weighted by Crippen LogP contribution is -2.33. The Morgan fingerprint density at radius 1 is 1.33 bits per heavy atom. The Kier molecular flexibility index (Phi) is 6.77. The molecule has 24 heavy (non-hydrogen) atoms. The number of aliphatic carboxylic acids is 2. The van der Waals surface area contributed by atoms with Crippen molar-refractivity contribution in [3.05, 3.63) is 30.4 Å². The summed E-state index contributed by atoms with van der Waals surface area (Å²) in [5.41, 5.74) is 0.504. The number of rotatable bonds is 4. The van der Waals surface area contributed by atoms with Gasteiger partial charge < -0.3 is 15.0 Å². The molecule has 130 valence electrons. The smallest absolute Gasteiger partial charge is 0.452 e. The number of hydrogen-bond donors (Lipinski definition) is 1. The van der Waals surface area contributed by atoms with Crippen molar-refractivity contribution >= 4 is 23.5 Å². The molecular formula is C13H12F3N3O4S. The van der Waals surface area contributed by atoms with E-state index in [9.17, 15) is 18.0 Å². The molecule has 0 radical (unpaired) electrons. The highest BCUT2D eigenvalue weighted by atomic mass is 32.1. The molecule has 0 saturated carbocycles. The number of carbonyl (C=O) groups excluding carboxylic acids is 1. The van der Waals surface area contributed by atoms with Gasteiger partial charge in [-0.3, -0.25) is 4.79 Å². The second-order valence-electron chi connectivity index (χ2n) is 4.38. The van der Waals surface area contributed by atoms with Crippen LogP contribution in [0.2, 0.25) is 0 Å². The Labute approximate surface area is 138 Å². The standard InChI is InChI=1S/C11H8F3N3O2S.C2H4O2/c12-11(13,14)10-15-9(20-16-10)7-1-4-17(5-2-7)6-3-8(18)19;1-2(3)4/h1-2,4-5H,3,6H2;1H3,(H,3,4).